The number of para-hydroxylation sites is 1. The van der Waals surface area contributed by atoms with E-state index in [4.69, 9.17) is 16.3 Å². The Morgan fingerprint density at radius 2 is 1.60 bits per heavy atom. The number of urea groups is 1. The minimum Gasteiger partial charge on any atom is -0.482 e. The lowest BCUT2D eigenvalue weighted by Crippen LogP contribution is -2.34. The molecule has 0 fully saturated rings. The van der Waals surface area contributed by atoms with Gasteiger partial charge in [-0.15, -0.1) is 0 Å². The summed E-state index contributed by atoms with van der Waals surface area (Å²) < 4.78 is 5.37. The first kappa shape index (κ1) is 18.6. The van der Waals surface area contributed by atoms with Gasteiger partial charge < -0.3 is 20.7 Å². The molecule has 6 nitrogen and oxygen atoms in total. The van der Waals surface area contributed by atoms with Gasteiger partial charge in [0, 0.05) is 17.4 Å². The molecule has 0 unspecified atom stereocenters. The van der Waals surface area contributed by atoms with Crippen LogP contribution in [0.15, 0.2) is 48.5 Å². The van der Waals surface area contributed by atoms with E-state index in [0.29, 0.717) is 22.1 Å². The number of amides is 3. The van der Waals surface area contributed by atoms with E-state index in [0.717, 1.165) is 0 Å². The van der Waals surface area contributed by atoms with Gasteiger partial charge in [-0.1, -0.05) is 23.7 Å². The molecule has 3 amide bonds. The van der Waals surface area contributed by atoms with Crippen molar-refractivity contribution in [3.8, 4) is 5.75 Å². The van der Waals surface area contributed by atoms with Gasteiger partial charge in [0.25, 0.3) is 5.91 Å². The van der Waals surface area contributed by atoms with E-state index in [2.05, 4.69) is 16.0 Å². The standard InChI is InChI=1S/C18H20ClN3O3/c1-12(2)20-18(24)22-14-9-7-13(8-10-14)21-17(23)11-25-16-6-4-3-5-15(16)19/h3-10,12H,11H2,1-2H3,(H,21,23)(H2,20,22,24). The SMILES string of the molecule is CC(C)NC(=O)Nc1ccc(NC(=O)COc2ccccc2Cl)cc1. The number of carbonyl (C=O) groups is 2. The monoisotopic (exact) mass is 361 g/mol. The Labute approximate surface area is 151 Å². The molecule has 3 N–H and O–H groups in total. The molecule has 2 aromatic rings. The van der Waals surface area contributed by atoms with Crippen molar-refractivity contribution in [1.29, 1.82) is 0 Å². The second-order valence-corrected chi connectivity index (χ2v) is 6.00. The molecule has 0 saturated heterocycles. The summed E-state index contributed by atoms with van der Waals surface area (Å²) in [5.74, 6) is 0.146. The lowest BCUT2D eigenvalue weighted by molar-refractivity contribution is -0.118. The molecule has 0 spiro atoms. The number of halogens is 1. The molecular formula is C18H20ClN3O3. The molecule has 132 valence electrons. The molecule has 25 heavy (non-hydrogen) atoms. The first-order valence-electron chi connectivity index (χ1n) is 7.79. The van der Waals surface area contributed by atoms with Gasteiger partial charge in [0.2, 0.25) is 0 Å². The van der Waals surface area contributed by atoms with Crippen molar-refractivity contribution in [2.24, 2.45) is 0 Å². The fraction of sp³-hybridized carbons (Fsp3) is 0.222. The number of anilines is 2. The van der Waals surface area contributed by atoms with Gasteiger partial charge in [0.15, 0.2) is 6.61 Å². The third kappa shape index (κ3) is 6.35. The molecule has 0 heterocycles. The fourth-order valence-corrected chi connectivity index (χ4v) is 2.16. The van der Waals surface area contributed by atoms with Crippen molar-refractivity contribution in [3.05, 3.63) is 53.6 Å². The van der Waals surface area contributed by atoms with E-state index in [1.165, 1.54) is 0 Å². The first-order valence-corrected chi connectivity index (χ1v) is 8.16. The highest BCUT2D eigenvalue weighted by molar-refractivity contribution is 6.32. The highest BCUT2D eigenvalue weighted by Gasteiger charge is 2.07. The molecule has 0 bridgehead atoms. The smallest absolute Gasteiger partial charge is 0.319 e. The molecule has 0 aliphatic carbocycles. The van der Waals surface area contributed by atoms with Crippen LogP contribution in [0.2, 0.25) is 5.02 Å². The molecular weight excluding hydrogens is 342 g/mol. The highest BCUT2D eigenvalue weighted by Crippen LogP contribution is 2.23. The zero-order valence-electron chi connectivity index (χ0n) is 14.0. The van der Waals surface area contributed by atoms with Crippen molar-refractivity contribution in [2.45, 2.75) is 19.9 Å². The minimum absolute atomic E-state index is 0.0525. The highest BCUT2D eigenvalue weighted by atomic mass is 35.5. The lowest BCUT2D eigenvalue weighted by Gasteiger charge is -2.11. The van der Waals surface area contributed by atoms with E-state index in [9.17, 15) is 9.59 Å². The van der Waals surface area contributed by atoms with Crippen LogP contribution in [0.1, 0.15) is 13.8 Å². The van der Waals surface area contributed by atoms with Crippen LogP contribution < -0.4 is 20.7 Å². The number of carbonyl (C=O) groups excluding carboxylic acids is 2. The molecule has 0 aliphatic rings. The van der Waals surface area contributed by atoms with E-state index in [1.54, 1.807) is 48.5 Å². The summed E-state index contributed by atoms with van der Waals surface area (Å²) in [5, 5.41) is 8.59. The van der Waals surface area contributed by atoms with Crippen LogP contribution in [-0.4, -0.2) is 24.6 Å². The average Bonchev–Trinajstić information content (AvgIpc) is 2.55. The van der Waals surface area contributed by atoms with E-state index in [1.807, 2.05) is 13.8 Å². The van der Waals surface area contributed by atoms with Gasteiger partial charge in [0.05, 0.1) is 5.02 Å². The Balaban J connectivity index is 1.83. The Bertz CT molecular complexity index is 733. The van der Waals surface area contributed by atoms with Crippen LogP contribution in [0.4, 0.5) is 16.2 Å². The molecule has 0 atom stereocenters. The Morgan fingerprint density at radius 3 is 2.20 bits per heavy atom. The van der Waals surface area contributed by atoms with Crippen molar-refractivity contribution in [3.63, 3.8) is 0 Å². The number of benzene rings is 2. The Kier molecular flexibility index (Phi) is 6.65. The maximum absolute atomic E-state index is 11.9. The fourth-order valence-electron chi connectivity index (χ4n) is 1.97. The lowest BCUT2D eigenvalue weighted by atomic mass is 10.3. The molecule has 2 aromatic carbocycles. The predicted octanol–water partition coefficient (Wildman–Crippen LogP) is 3.89. The Hall–Kier alpha value is -2.73. The first-order chi connectivity index (χ1) is 11.9. The summed E-state index contributed by atoms with van der Waals surface area (Å²) in [4.78, 5) is 23.5. The molecule has 0 saturated carbocycles. The molecule has 0 radical (unpaired) electrons. The van der Waals surface area contributed by atoms with Crippen LogP contribution in [0, 0.1) is 0 Å². The number of hydrogen-bond acceptors (Lipinski definition) is 3. The second-order valence-electron chi connectivity index (χ2n) is 5.60. The van der Waals surface area contributed by atoms with Crippen LogP contribution in [0.25, 0.3) is 0 Å². The summed E-state index contributed by atoms with van der Waals surface area (Å²) >= 11 is 5.96. The van der Waals surface area contributed by atoms with Gasteiger partial charge in [-0.05, 0) is 50.2 Å². The minimum atomic E-state index is -0.307. The molecule has 0 aliphatic heterocycles. The number of ether oxygens (including phenoxy) is 1. The van der Waals surface area contributed by atoms with Crippen molar-refractivity contribution >= 4 is 34.9 Å². The predicted molar refractivity (Wildman–Crippen MR) is 99.3 cm³/mol. The van der Waals surface area contributed by atoms with Crippen LogP contribution in [-0.2, 0) is 4.79 Å². The van der Waals surface area contributed by atoms with Crippen molar-refractivity contribution in [1.82, 2.24) is 5.32 Å². The van der Waals surface area contributed by atoms with E-state index >= 15 is 0 Å². The molecule has 7 heteroatoms. The summed E-state index contributed by atoms with van der Waals surface area (Å²) in [6.07, 6.45) is 0. The maximum atomic E-state index is 11.9. The number of rotatable bonds is 6. The maximum Gasteiger partial charge on any atom is 0.319 e. The van der Waals surface area contributed by atoms with Gasteiger partial charge in [-0.2, -0.15) is 0 Å². The summed E-state index contributed by atoms with van der Waals surface area (Å²) in [6, 6.07) is 13.5. The van der Waals surface area contributed by atoms with E-state index < -0.39 is 0 Å². The normalized spacial score (nSPS) is 10.2. The van der Waals surface area contributed by atoms with E-state index in [-0.39, 0.29) is 24.6 Å². The topological polar surface area (TPSA) is 79.5 Å². The number of nitrogens with one attached hydrogen (secondary N) is 3. The third-order valence-corrected chi connectivity index (χ3v) is 3.35. The van der Waals surface area contributed by atoms with Gasteiger partial charge >= 0.3 is 6.03 Å². The van der Waals surface area contributed by atoms with Crippen molar-refractivity contribution < 1.29 is 14.3 Å². The average molecular weight is 362 g/mol. The van der Waals surface area contributed by atoms with Crippen molar-refractivity contribution in [2.75, 3.05) is 17.2 Å². The van der Waals surface area contributed by atoms with Gasteiger partial charge in [-0.3, -0.25) is 4.79 Å². The van der Waals surface area contributed by atoms with Crippen LogP contribution in [0.5, 0.6) is 5.75 Å². The Morgan fingerprint density at radius 1 is 1.00 bits per heavy atom. The zero-order valence-corrected chi connectivity index (χ0v) is 14.8. The summed E-state index contributed by atoms with van der Waals surface area (Å²) in [5.41, 5.74) is 1.23. The van der Waals surface area contributed by atoms with Crippen LogP contribution in [0.3, 0.4) is 0 Å². The largest absolute Gasteiger partial charge is 0.482 e. The number of hydrogen-bond donors (Lipinski definition) is 3. The van der Waals surface area contributed by atoms with Gasteiger partial charge in [0.1, 0.15) is 5.75 Å². The van der Waals surface area contributed by atoms with Gasteiger partial charge in [-0.25, -0.2) is 4.79 Å². The third-order valence-electron chi connectivity index (χ3n) is 3.04. The quantitative estimate of drug-likeness (QED) is 0.730. The molecule has 2 rings (SSSR count). The zero-order chi connectivity index (χ0) is 18.2. The molecule has 0 aromatic heterocycles. The second kappa shape index (κ2) is 8.94. The summed E-state index contributed by atoms with van der Waals surface area (Å²) in [6.45, 7) is 3.60. The van der Waals surface area contributed by atoms with Crippen LogP contribution >= 0.6 is 11.6 Å². The summed E-state index contributed by atoms with van der Waals surface area (Å²) in [7, 11) is 0.